The zero-order chi connectivity index (χ0) is 16.6. The molecule has 0 saturated heterocycles. The van der Waals surface area contributed by atoms with E-state index in [0.717, 1.165) is 24.9 Å². The number of nitrogens with zero attached hydrogens (tertiary/aromatic N) is 1. The molecule has 0 radical (unpaired) electrons. The third-order valence-electron chi connectivity index (χ3n) is 4.74. The van der Waals surface area contributed by atoms with E-state index in [1.807, 2.05) is 0 Å². The van der Waals surface area contributed by atoms with Gasteiger partial charge in [-0.2, -0.15) is 0 Å². The van der Waals surface area contributed by atoms with Gasteiger partial charge < -0.3 is 0 Å². The van der Waals surface area contributed by atoms with Crippen LogP contribution in [0, 0.1) is 11.8 Å². The molecule has 0 aliphatic heterocycles. The lowest BCUT2D eigenvalue weighted by Crippen LogP contribution is -2.27. The van der Waals surface area contributed by atoms with E-state index in [4.69, 9.17) is 11.8 Å². The van der Waals surface area contributed by atoms with E-state index in [2.05, 4.69) is 32.1 Å². The van der Waals surface area contributed by atoms with Crippen LogP contribution in [0.3, 0.4) is 0 Å². The molecule has 138 valence electrons. The number of unbranched alkanes of at least 4 members (excludes halogenated alkanes) is 4. The Bertz CT molecular complexity index is 204. The van der Waals surface area contributed by atoms with E-state index >= 15 is 0 Å². The van der Waals surface area contributed by atoms with Crippen LogP contribution in [0.2, 0.25) is 0 Å². The van der Waals surface area contributed by atoms with Gasteiger partial charge in [-0.3, -0.25) is 0 Å². The Morgan fingerprint density at radius 1 is 0.609 bits per heavy atom. The van der Waals surface area contributed by atoms with Crippen molar-refractivity contribution in [3.05, 3.63) is 0 Å². The molecule has 0 spiro atoms. The topological polar surface area (TPSA) is 3.24 Å². The fourth-order valence-corrected chi connectivity index (χ4v) is 3.86. The first-order valence-electron chi connectivity index (χ1n) is 10.1. The Morgan fingerprint density at radius 2 is 1.00 bits per heavy atom. The monoisotopic (exact) mass is 357 g/mol. The lowest BCUT2D eigenvalue weighted by atomic mass is 9.94. The van der Waals surface area contributed by atoms with Gasteiger partial charge in [-0.05, 0) is 49.3 Å². The van der Waals surface area contributed by atoms with Crippen molar-refractivity contribution in [2.24, 2.45) is 11.8 Å². The van der Waals surface area contributed by atoms with Gasteiger partial charge in [0.25, 0.3) is 0 Å². The van der Waals surface area contributed by atoms with E-state index < -0.39 is 0 Å². The first kappa shape index (κ1) is 26.2. The molecular formula is C20H44ClMgN. The predicted molar refractivity (Wildman–Crippen MR) is 111 cm³/mol. The Kier molecular flexibility index (Phi) is 22.1. The highest BCUT2D eigenvalue weighted by Gasteiger charge is 2.16. The average Bonchev–Trinajstić information content (AvgIpc) is 2.48. The van der Waals surface area contributed by atoms with Gasteiger partial charge in [0.15, 0.2) is 0 Å². The fraction of sp³-hybridized carbons (Fsp3) is 1.00. The van der Waals surface area contributed by atoms with Gasteiger partial charge in [0.05, 0.1) is 0 Å². The molecule has 0 aromatic rings. The van der Waals surface area contributed by atoms with Crippen molar-refractivity contribution in [1.29, 1.82) is 0 Å². The van der Waals surface area contributed by atoms with Gasteiger partial charge in [0, 0.05) is 13.1 Å². The number of rotatable bonds is 16. The van der Waals surface area contributed by atoms with Crippen molar-refractivity contribution in [1.82, 2.24) is 4.42 Å². The molecule has 3 heteroatoms. The van der Waals surface area contributed by atoms with Crippen LogP contribution >= 0.6 is 11.8 Å². The van der Waals surface area contributed by atoms with Crippen molar-refractivity contribution < 1.29 is 0 Å². The summed E-state index contributed by atoms with van der Waals surface area (Å²) in [5.74, 6) is 1.60. The normalized spacial score (nSPS) is 13.8. The Balaban J connectivity index is 0. The van der Waals surface area contributed by atoms with Gasteiger partial charge in [-0.1, -0.05) is 79.1 Å². The van der Waals surface area contributed by atoms with Gasteiger partial charge in [0.2, 0.25) is 0 Å². The minimum atomic E-state index is 0. The quantitative estimate of drug-likeness (QED) is 0.172. The summed E-state index contributed by atoms with van der Waals surface area (Å²) in [7, 11) is 0. The van der Waals surface area contributed by atoms with Crippen molar-refractivity contribution >= 4 is 34.8 Å². The number of hydrogen-bond donors (Lipinski definition) is 0. The molecule has 0 N–H and O–H groups in total. The maximum atomic E-state index is 6.60. The second kappa shape index (κ2) is 19.3. The molecular weight excluding hydrogens is 314 g/mol. The summed E-state index contributed by atoms with van der Waals surface area (Å²) in [6.45, 7) is 11.4. The summed E-state index contributed by atoms with van der Waals surface area (Å²) in [6, 6.07) is 0. The molecule has 0 rings (SSSR count). The highest BCUT2D eigenvalue weighted by molar-refractivity contribution is 6.13. The smallest absolute Gasteiger partial charge is 0.220 e. The lowest BCUT2D eigenvalue weighted by molar-refractivity contribution is 0.269. The zero-order valence-corrected chi connectivity index (χ0v) is 16.6. The van der Waals surface area contributed by atoms with Gasteiger partial charge in [-0.15, -0.1) is 0 Å². The fourth-order valence-electron chi connectivity index (χ4n) is 3.47. The molecule has 0 aliphatic rings. The first-order chi connectivity index (χ1) is 10.7. The molecule has 0 fully saturated rings. The summed E-state index contributed by atoms with van der Waals surface area (Å²) in [5.41, 5.74) is 0. The van der Waals surface area contributed by atoms with Crippen molar-refractivity contribution in [2.45, 2.75) is 105 Å². The second-order valence-corrected chi connectivity index (χ2v) is 7.61. The van der Waals surface area contributed by atoms with Gasteiger partial charge in [0.1, 0.15) is 0 Å². The molecule has 0 aliphatic carbocycles. The van der Waals surface area contributed by atoms with Crippen LogP contribution < -0.4 is 0 Å². The SMILES string of the molecule is CCCCCC(CCC)CN(Cl)CC(CCC)CCCCC.[MgH2]. The molecule has 2 unspecified atom stereocenters. The van der Waals surface area contributed by atoms with Crippen LogP contribution in [0.5, 0.6) is 0 Å². The highest BCUT2D eigenvalue weighted by Crippen LogP contribution is 2.22. The Labute approximate surface area is 168 Å². The maximum Gasteiger partial charge on any atom is 0.316 e. The van der Waals surface area contributed by atoms with E-state index in [-0.39, 0.29) is 23.1 Å². The van der Waals surface area contributed by atoms with E-state index in [1.165, 1.54) is 77.0 Å². The molecule has 0 aromatic carbocycles. The van der Waals surface area contributed by atoms with Crippen LogP contribution in [0.4, 0.5) is 0 Å². The Hall–Kier alpha value is 1.02. The van der Waals surface area contributed by atoms with Crippen LogP contribution in [-0.4, -0.2) is 40.6 Å². The van der Waals surface area contributed by atoms with Crippen LogP contribution in [0.1, 0.15) is 105 Å². The molecule has 0 saturated carbocycles. The summed E-state index contributed by atoms with van der Waals surface area (Å²) < 4.78 is 2.12. The second-order valence-electron chi connectivity index (χ2n) is 7.13. The average molecular weight is 358 g/mol. The maximum absolute atomic E-state index is 6.60. The van der Waals surface area contributed by atoms with E-state index in [0.29, 0.717) is 0 Å². The van der Waals surface area contributed by atoms with Crippen LogP contribution in [0.15, 0.2) is 0 Å². The number of halogens is 1. The largest absolute Gasteiger partial charge is 0.316 e. The van der Waals surface area contributed by atoms with E-state index in [9.17, 15) is 0 Å². The van der Waals surface area contributed by atoms with Crippen LogP contribution in [0.25, 0.3) is 0 Å². The number of hydrogen-bond acceptors (Lipinski definition) is 1. The minimum absolute atomic E-state index is 0. The van der Waals surface area contributed by atoms with E-state index in [1.54, 1.807) is 0 Å². The molecule has 0 aromatic heterocycles. The summed E-state index contributed by atoms with van der Waals surface area (Å²) >= 11 is 6.60. The van der Waals surface area contributed by atoms with Crippen molar-refractivity contribution in [2.75, 3.05) is 13.1 Å². The molecule has 0 bridgehead atoms. The van der Waals surface area contributed by atoms with Crippen molar-refractivity contribution in [3.63, 3.8) is 0 Å². The molecule has 2 atom stereocenters. The summed E-state index contributed by atoms with van der Waals surface area (Å²) in [4.78, 5) is 0. The highest BCUT2D eigenvalue weighted by atomic mass is 35.5. The molecule has 0 heterocycles. The van der Waals surface area contributed by atoms with Gasteiger partial charge in [-0.25, -0.2) is 4.42 Å². The Morgan fingerprint density at radius 3 is 1.30 bits per heavy atom. The van der Waals surface area contributed by atoms with Crippen LogP contribution in [-0.2, 0) is 0 Å². The third kappa shape index (κ3) is 16.2. The standard InChI is InChI=1S/C20H42ClN.Mg.2H/c1-5-9-11-15-19(13-7-3)17-22(21)18-20(14-8-4)16-12-10-6-2;;;/h19-20H,5-18H2,1-4H3;;;. The first-order valence-corrected chi connectivity index (χ1v) is 10.4. The van der Waals surface area contributed by atoms with Gasteiger partial charge >= 0.3 is 23.1 Å². The van der Waals surface area contributed by atoms with Crippen molar-refractivity contribution in [3.8, 4) is 0 Å². The minimum Gasteiger partial charge on any atom is -0.220 e. The summed E-state index contributed by atoms with van der Waals surface area (Å²) in [6.07, 6.45) is 16.1. The predicted octanol–water partition coefficient (Wildman–Crippen LogP) is 6.52. The lowest BCUT2D eigenvalue weighted by Gasteiger charge is -2.26. The molecule has 0 amide bonds. The summed E-state index contributed by atoms with van der Waals surface area (Å²) in [5, 5.41) is 0. The zero-order valence-electron chi connectivity index (χ0n) is 15.9. The molecule has 23 heavy (non-hydrogen) atoms. The third-order valence-corrected chi connectivity index (χ3v) is 5.01. The molecule has 1 nitrogen and oxygen atoms in total.